The van der Waals surface area contributed by atoms with E-state index in [-0.39, 0.29) is 6.61 Å². The zero-order chi connectivity index (χ0) is 15.6. The molecule has 3 rings (SSSR count). The highest BCUT2D eigenvalue weighted by atomic mass is 16.7. The van der Waals surface area contributed by atoms with Gasteiger partial charge in [-0.25, -0.2) is 0 Å². The summed E-state index contributed by atoms with van der Waals surface area (Å²) < 4.78 is 12.0. The molecule has 2 aliphatic heterocycles. The Bertz CT molecular complexity index is 481. The van der Waals surface area contributed by atoms with Crippen molar-refractivity contribution in [2.45, 2.75) is 50.4 Å². The minimum Gasteiger partial charge on any atom is -0.390 e. The summed E-state index contributed by atoms with van der Waals surface area (Å²) in [4.78, 5) is 2.14. The van der Waals surface area contributed by atoms with Crippen LogP contribution in [0.3, 0.4) is 0 Å². The number of benzene rings is 1. The van der Waals surface area contributed by atoms with Crippen molar-refractivity contribution in [2.75, 3.05) is 19.7 Å². The van der Waals surface area contributed by atoms with Crippen molar-refractivity contribution in [1.29, 1.82) is 0 Å². The van der Waals surface area contributed by atoms with Crippen LogP contribution in [0.4, 0.5) is 0 Å². The van der Waals surface area contributed by atoms with Gasteiger partial charge in [-0.3, -0.25) is 4.90 Å². The molecule has 0 radical (unpaired) electrons. The maximum Gasteiger partial charge on any atom is 0.186 e. The summed E-state index contributed by atoms with van der Waals surface area (Å²) in [6, 6.07) is 9.72. The number of nitrogens with zero attached hydrogens (tertiary/aromatic N) is 1. The molecule has 0 bridgehead atoms. The molecule has 0 amide bonds. The molecule has 1 aromatic carbocycles. The van der Waals surface area contributed by atoms with E-state index in [9.17, 15) is 10.2 Å². The van der Waals surface area contributed by atoms with Crippen LogP contribution in [0.2, 0.25) is 0 Å². The van der Waals surface area contributed by atoms with E-state index < -0.39 is 24.2 Å². The second-order valence-corrected chi connectivity index (χ2v) is 6.16. The molecule has 122 valence electrons. The third kappa shape index (κ3) is 2.79. The molecule has 0 aromatic heterocycles. The Hall–Kier alpha value is -0.980. The van der Waals surface area contributed by atoms with Gasteiger partial charge in [-0.1, -0.05) is 43.7 Å². The number of piperidine rings is 1. The van der Waals surface area contributed by atoms with Crippen LogP contribution in [0.1, 0.15) is 38.0 Å². The molecule has 1 aromatic rings. The van der Waals surface area contributed by atoms with Gasteiger partial charge >= 0.3 is 0 Å². The first-order chi connectivity index (χ1) is 10.7. The number of likely N-dealkylation sites (tertiary alicyclic amines) is 1. The molecule has 1 unspecified atom stereocenters. The van der Waals surface area contributed by atoms with Gasteiger partial charge in [-0.2, -0.15) is 0 Å². The molecule has 2 fully saturated rings. The molecule has 0 saturated carbocycles. The first kappa shape index (κ1) is 15.9. The summed E-state index contributed by atoms with van der Waals surface area (Å²) in [5, 5.41) is 20.7. The third-order valence-corrected chi connectivity index (χ3v) is 4.66. The van der Waals surface area contributed by atoms with Gasteiger partial charge in [-0.15, -0.1) is 0 Å². The number of hydrogen-bond acceptors (Lipinski definition) is 5. The zero-order valence-electron chi connectivity index (χ0n) is 13.0. The Kier molecular flexibility index (Phi) is 4.80. The molecule has 2 heterocycles. The summed E-state index contributed by atoms with van der Waals surface area (Å²) >= 11 is 0. The van der Waals surface area contributed by atoms with Crippen LogP contribution < -0.4 is 0 Å². The summed E-state index contributed by atoms with van der Waals surface area (Å²) in [5.41, 5.74) is -0.00468. The molecule has 5 nitrogen and oxygen atoms in total. The van der Waals surface area contributed by atoms with Crippen LogP contribution in [-0.2, 0) is 9.47 Å². The fourth-order valence-corrected chi connectivity index (χ4v) is 3.32. The lowest BCUT2D eigenvalue weighted by atomic mass is 9.92. The van der Waals surface area contributed by atoms with Crippen LogP contribution in [0.5, 0.6) is 0 Å². The summed E-state index contributed by atoms with van der Waals surface area (Å²) in [6.07, 6.45) is 0.456. The monoisotopic (exact) mass is 307 g/mol. The average Bonchev–Trinajstić information content (AvgIpc) is 2.99. The van der Waals surface area contributed by atoms with E-state index in [4.69, 9.17) is 9.47 Å². The van der Waals surface area contributed by atoms with Gasteiger partial charge in [0.25, 0.3) is 0 Å². The highest BCUT2D eigenvalue weighted by Crippen LogP contribution is 2.41. The van der Waals surface area contributed by atoms with Gasteiger partial charge in [0, 0.05) is 18.7 Å². The van der Waals surface area contributed by atoms with Gasteiger partial charge in [0.1, 0.15) is 6.10 Å². The van der Waals surface area contributed by atoms with Crippen molar-refractivity contribution in [2.24, 2.45) is 0 Å². The molecule has 4 atom stereocenters. The predicted molar refractivity (Wildman–Crippen MR) is 82.1 cm³/mol. The van der Waals surface area contributed by atoms with E-state index in [2.05, 4.69) is 11.8 Å². The standard InChI is InChI=1S/C17H25NO4/c1-2-3-10-18-11-9-14(19)15(20)17(18)12-21-16(22-17)13-7-5-4-6-8-13/h4-8,14-16,19-20H,2-3,9-12H2,1H3/t14-,15-,16?,17-/m1/s1. The molecular formula is C17H25NO4. The SMILES string of the molecule is CCCCN1CC[C@@H](O)[C@@H](O)[C@]12COC(c1ccccc1)O2. The van der Waals surface area contributed by atoms with Crippen molar-refractivity contribution in [1.82, 2.24) is 4.90 Å². The van der Waals surface area contributed by atoms with Gasteiger partial charge in [0.2, 0.25) is 0 Å². The number of hydrogen-bond donors (Lipinski definition) is 2. The van der Waals surface area contributed by atoms with E-state index in [0.29, 0.717) is 13.0 Å². The average molecular weight is 307 g/mol. The van der Waals surface area contributed by atoms with Crippen molar-refractivity contribution in [3.63, 3.8) is 0 Å². The van der Waals surface area contributed by atoms with Crippen molar-refractivity contribution in [3.05, 3.63) is 35.9 Å². The Morgan fingerprint density at radius 1 is 1.27 bits per heavy atom. The molecule has 2 N–H and O–H groups in total. The third-order valence-electron chi connectivity index (χ3n) is 4.66. The second-order valence-electron chi connectivity index (χ2n) is 6.16. The first-order valence-electron chi connectivity index (χ1n) is 8.13. The van der Waals surface area contributed by atoms with Crippen molar-refractivity contribution in [3.8, 4) is 0 Å². The van der Waals surface area contributed by atoms with E-state index in [1.165, 1.54) is 0 Å². The number of rotatable bonds is 4. The van der Waals surface area contributed by atoms with Gasteiger partial charge in [0.05, 0.1) is 12.7 Å². The van der Waals surface area contributed by atoms with Crippen LogP contribution in [0.25, 0.3) is 0 Å². The van der Waals surface area contributed by atoms with Gasteiger partial charge in [0.15, 0.2) is 12.0 Å². The molecule has 0 aliphatic carbocycles. The maximum atomic E-state index is 10.6. The van der Waals surface area contributed by atoms with Gasteiger partial charge < -0.3 is 19.7 Å². The normalized spacial score (nSPS) is 36.0. The highest BCUT2D eigenvalue weighted by molar-refractivity contribution is 5.17. The second kappa shape index (κ2) is 6.64. The Morgan fingerprint density at radius 2 is 2.05 bits per heavy atom. The molecule has 5 heteroatoms. The quantitative estimate of drug-likeness (QED) is 0.886. The van der Waals surface area contributed by atoms with E-state index in [0.717, 1.165) is 24.9 Å². The topological polar surface area (TPSA) is 62.2 Å². The molecule has 1 spiro atoms. The van der Waals surface area contributed by atoms with Crippen LogP contribution in [-0.4, -0.2) is 52.7 Å². The number of aliphatic hydroxyl groups excluding tert-OH is 2. The van der Waals surface area contributed by atoms with E-state index in [1.54, 1.807) is 0 Å². The lowest BCUT2D eigenvalue weighted by Gasteiger charge is -2.48. The molecular weight excluding hydrogens is 282 g/mol. The molecule has 2 aliphatic rings. The van der Waals surface area contributed by atoms with Crippen LogP contribution in [0.15, 0.2) is 30.3 Å². The van der Waals surface area contributed by atoms with Crippen molar-refractivity contribution >= 4 is 0 Å². The van der Waals surface area contributed by atoms with E-state index >= 15 is 0 Å². The Labute approximate surface area is 131 Å². The van der Waals surface area contributed by atoms with E-state index in [1.807, 2.05) is 30.3 Å². The minimum atomic E-state index is -0.952. The number of ether oxygens (including phenoxy) is 2. The highest BCUT2D eigenvalue weighted by Gasteiger charge is 2.56. The predicted octanol–water partition coefficient (Wildman–Crippen LogP) is 1.66. The smallest absolute Gasteiger partial charge is 0.186 e. The fourth-order valence-electron chi connectivity index (χ4n) is 3.32. The molecule has 22 heavy (non-hydrogen) atoms. The summed E-state index contributed by atoms with van der Waals surface area (Å²) in [5.74, 6) is 0. The Morgan fingerprint density at radius 3 is 2.77 bits per heavy atom. The van der Waals surface area contributed by atoms with Gasteiger partial charge in [-0.05, 0) is 12.8 Å². The minimum absolute atomic E-state index is 0.272. The number of unbranched alkanes of at least 4 members (excludes halogenated alkanes) is 1. The summed E-state index contributed by atoms with van der Waals surface area (Å²) in [7, 11) is 0. The maximum absolute atomic E-state index is 10.6. The lowest BCUT2D eigenvalue weighted by molar-refractivity contribution is -0.246. The number of aliphatic hydroxyl groups is 2. The first-order valence-corrected chi connectivity index (χ1v) is 8.13. The lowest BCUT2D eigenvalue weighted by Crippen LogP contribution is -2.66. The van der Waals surface area contributed by atoms with Crippen molar-refractivity contribution < 1.29 is 19.7 Å². The fraction of sp³-hybridized carbons (Fsp3) is 0.647. The summed E-state index contributed by atoms with van der Waals surface area (Å²) in [6.45, 7) is 3.96. The molecule has 2 saturated heterocycles. The van der Waals surface area contributed by atoms with Crippen LogP contribution in [0, 0.1) is 0 Å². The zero-order valence-corrected chi connectivity index (χ0v) is 13.0. The van der Waals surface area contributed by atoms with Crippen LogP contribution >= 0.6 is 0 Å². The Balaban J connectivity index is 1.81. The largest absolute Gasteiger partial charge is 0.390 e.